The molecule has 1 amide bonds. The van der Waals surface area contributed by atoms with Crippen molar-refractivity contribution in [3.05, 3.63) is 70.3 Å². The molecular weight excluding hydrogens is 380 g/mol. The lowest BCUT2D eigenvalue weighted by atomic mass is 10.2. The molecule has 148 valence electrons. The largest absolute Gasteiger partial charge is 0.322 e. The highest BCUT2D eigenvalue weighted by Crippen LogP contribution is 2.18. The second kappa shape index (κ2) is 7.42. The predicted octanol–water partition coefficient (Wildman–Crippen LogP) is 2.91. The Hall–Kier alpha value is -3.62. The highest BCUT2D eigenvalue weighted by Gasteiger charge is 2.18. The first-order valence-electron chi connectivity index (χ1n) is 9.10. The molecule has 2 aromatic carbocycles. The van der Waals surface area contributed by atoms with Gasteiger partial charge in [0.25, 0.3) is 5.56 Å². The number of amides is 1. The van der Waals surface area contributed by atoms with Crippen molar-refractivity contribution in [1.82, 2.24) is 19.2 Å². The Balaban J connectivity index is 1.78. The number of aryl methyl sites for hydroxylation is 1. The Bertz CT molecular complexity index is 1300. The molecule has 4 rings (SSSR count). The fourth-order valence-corrected chi connectivity index (χ4v) is 3.29. The van der Waals surface area contributed by atoms with Gasteiger partial charge in [0.1, 0.15) is 24.0 Å². The molecule has 7 nitrogen and oxygen atoms in total. The Labute approximate surface area is 163 Å². The summed E-state index contributed by atoms with van der Waals surface area (Å²) >= 11 is 0. The zero-order valence-corrected chi connectivity index (χ0v) is 15.5. The van der Waals surface area contributed by atoms with Crippen molar-refractivity contribution in [2.24, 2.45) is 0 Å². The number of carbonyl (C=O) groups is 1. The Kier molecular flexibility index (Phi) is 4.79. The van der Waals surface area contributed by atoms with Crippen molar-refractivity contribution in [2.45, 2.75) is 26.3 Å². The van der Waals surface area contributed by atoms with Crippen LogP contribution in [-0.4, -0.2) is 25.1 Å². The molecule has 29 heavy (non-hydrogen) atoms. The van der Waals surface area contributed by atoms with Crippen molar-refractivity contribution in [2.75, 3.05) is 5.32 Å². The van der Waals surface area contributed by atoms with E-state index in [1.165, 1.54) is 4.57 Å². The topological polar surface area (TPSA) is 81.3 Å². The van der Waals surface area contributed by atoms with Gasteiger partial charge in [-0.15, -0.1) is 10.2 Å². The predicted molar refractivity (Wildman–Crippen MR) is 104 cm³/mol. The summed E-state index contributed by atoms with van der Waals surface area (Å²) in [6.07, 6.45) is 1.49. The molecular formula is C20H17F2N5O2. The maximum absolute atomic E-state index is 13.8. The molecule has 0 fully saturated rings. The summed E-state index contributed by atoms with van der Waals surface area (Å²) in [5.41, 5.74) is 0.692. The fourth-order valence-electron chi connectivity index (χ4n) is 3.29. The van der Waals surface area contributed by atoms with Crippen LogP contribution in [0.5, 0.6) is 0 Å². The van der Waals surface area contributed by atoms with E-state index >= 15 is 0 Å². The van der Waals surface area contributed by atoms with Crippen LogP contribution in [0.1, 0.15) is 19.2 Å². The second-order valence-corrected chi connectivity index (χ2v) is 6.58. The third-order valence-electron chi connectivity index (χ3n) is 4.56. The minimum atomic E-state index is -0.896. The highest BCUT2D eigenvalue weighted by atomic mass is 19.1. The minimum Gasteiger partial charge on any atom is -0.322 e. The van der Waals surface area contributed by atoms with Crippen molar-refractivity contribution in [3.8, 4) is 0 Å². The molecule has 0 aliphatic carbocycles. The Morgan fingerprint density at radius 2 is 1.86 bits per heavy atom. The first-order valence-corrected chi connectivity index (χ1v) is 9.10. The molecule has 0 radical (unpaired) electrons. The van der Waals surface area contributed by atoms with E-state index in [1.54, 1.807) is 16.5 Å². The number of aromatic nitrogens is 4. The molecule has 0 aliphatic rings. The third kappa shape index (κ3) is 3.35. The summed E-state index contributed by atoms with van der Waals surface area (Å²) in [5, 5.41) is 10.5. The van der Waals surface area contributed by atoms with Gasteiger partial charge in [0.2, 0.25) is 11.6 Å². The number of benzene rings is 2. The number of carbonyl (C=O) groups excluding carboxylic acids is 1. The van der Waals surface area contributed by atoms with Crippen LogP contribution in [0.3, 0.4) is 0 Å². The molecule has 9 heteroatoms. The third-order valence-corrected chi connectivity index (χ3v) is 4.56. The quantitative estimate of drug-likeness (QED) is 0.562. The number of hydrogen-bond acceptors (Lipinski definition) is 4. The van der Waals surface area contributed by atoms with E-state index in [-0.39, 0.29) is 17.9 Å². The summed E-state index contributed by atoms with van der Waals surface area (Å²) in [6.45, 7) is 1.64. The van der Waals surface area contributed by atoms with Crippen LogP contribution < -0.4 is 10.9 Å². The van der Waals surface area contributed by atoms with E-state index in [2.05, 4.69) is 15.5 Å². The zero-order chi connectivity index (χ0) is 20.5. The summed E-state index contributed by atoms with van der Waals surface area (Å²) < 4.78 is 29.8. The van der Waals surface area contributed by atoms with Gasteiger partial charge in [-0.2, -0.15) is 0 Å². The summed E-state index contributed by atoms with van der Waals surface area (Å²) in [6, 6.07) is 9.95. The van der Waals surface area contributed by atoms with Crippen LogP contribution in [0.15, 0.2) is 47.3 Å². The highest BCUT2D eigenvalue weighted by molar-refractivity contribution is 5.92. The van der Waals surface area contributed by atoms with Crippen molar-refractivity contribution in [3.63, 3.8) is 0 Å². The fraction of sp³-hybridized carbons (Fsp3) is 0.200. The monoisotopic (exact) mass is 397 g/mol. The summed E-state index contributed by atoms with van der Waals surface area (Å²) in [7, 11) is 0. The van der Waals surface area contributed by atoms with Crippen LogP contribution in [0.4, 0.5) is 14.5 Å². The number of anilines is 1. The van der Waals surface area contributed by atoms with Crippen molar-refractivity contribution < 1.29 is 13.6 Å². The van der Waals surface area contributed by atoms with Gasteiger partial charge < -0.3 is 5.32 Å². The SMILES string of the molecule is CCCc1nnc2c(=O)n(CC(=O)Nc3ccc(F)cc3F)c3ccccc3n12. The Morgan fingerprint density at radius 3 is 2.59 bits per heavy atom. The summed E-state index contributed by atoms with van der Waals surface area (Å²) in [5.74, 6) is -1.60. The van der Waals surface area contributed by atoms with Gasteiger partial charge in [-0.1, -0.05) is 19.1 Å². The van der Waals surface area contributed by atoms with Crippen LogP contribution >= 0.6 is 0 Å². The van der Waals surface area contributed by atoms with Crippen molar-refractivity contribution >= 4 is 28.3 Å². The number of para-hydroxylation sites is 2. The lowest BCUT2D eigenvalue weighted by Gasteiger charge is -2.13. The van der Waals surface area contributed by atoms with Gasteiger partial charge in [0.15, 0.2) is 0 Å². The van der Waals surface area contributed by atoms with Crippen molar-refractivity contribution in [1.29, 1.82) is 0 Å². The van der Waals surface area contributed by atoms with Gasteiger partial charge in [-0.3, -0.25) is 18.6 Å². The molecule has 0 saturated carbocycles. The normalized spacial score (nSPS) is 11.3. The molecule has 0 saturated heterocycles. The molecule has 0 bridgehead atoms. The van der Waals surface area contributed by atoms with E-state index in [0.717, 1.165) is 18.6 Å². The first-order chi connectivity index (χ1) is 14.0. The molecule has 0 aliphatic heterocycles. The van der Waals surface area contributed by atoms with Gasteiger partial charge >= 0.3 is 0 Å². The maximum Gasteiger partial charge on any atom is 0.297 e. The molecule has 2 aromatic heterocycles. The van der Waals surface area contributed by atoms with E-state index in [0.29, 0.717) is 29.3 Å². The van der Waals surface area contributed by atoms with Gasteiger partial charge in [-0.05, 0) is 30.7 Å². The molecule has 2 heterocycles. The van der Waals surface area contributed by atoms with Crippen LogP contribution in [0.2, 0.25) is 0 Å². The lowest BCUT2D eigenvalue weighted by molar-refractivity contribution is -0.116. The number of fused-ring (bicyclic) bond motifs is 3. The van der Waals surface area contributed by atoms with Gasteiger partial charge in [0, 0.05) is 12.5 Å². The number of rotatable bonds is 5. The van der Waals surface area contributed by atoms with Crippen LogP contribution in [0.25, 0.3) is 16.7 Å². The van der Waals surface area contributed by atoms with Crippen LogP contribution in [0, 0.1) is 11.6 Å². The average molecular weight is 397 g/mol. The van der Waals surface area contributed by atoms with Gasteiger partial charge in [0.05, 0.1) is 16.7 Å². The molecule has 0 atom stereocenters. The summed E-state index contributed by atoms with van der Waals surface area (Å²) in [4.78, 5) is 25.5. The molecule has 0 spiro atoms. The van der Waals surface area contributed by atoms with Gasteiger partial charge in [-0.25, -0.2) is 8.78 Å². The van der Waals surface area contributed by atoms with E-state index < -0.39 is 23.1 Å². The van der Waals surface area contributed by atoms with E-state index in [4.69, 9.17) is 0 Å². The molecule has 1 N–H and O–H groups in total. The molecule has 0 unspecified atom stereocenters. The second-order valence-electron chi connectivity index (χ2n) is 6.58. The number of nitrogens with one attached hydrogen (secondary N) is 1. The number of halogens is 2. The average Bonchev–Trinajstić information content (AvgIpc) is 3.12. The number of nitrogens with zero attached hydrogens (tertiary/aromatic N) is 4. The molecule has 4 aromatic rings. The van der Waals surface area contributed by atoms with Crippen LogP contribution in [-0.2, 0) is 17.8 Å². The standard InChI is InChI=1S/C20H17F2N5O2/c1-2-5-17-24-25-19-20(29)26(15-6-3-4-7-16(15)27(17)19)11-18(28)23-14-9-8-12(21)10-13(14)22/h3-4,6-10H,2,5,11H2,1H3,(H,23,28). The lowest BCUT2D eigenvalue weighted by Crippen LogP contribution is -2.29. The number of hydrogen-bond donors (Lipinski definition) is 1. The first kappa shape index (κ1) is 18.7. The maximum atomic E-state index is 13.8. The Morgan fingerprint density at radius 1 is 1.10 bits per heavy atom. The zero-order valence-electron chi connectivity index (χ0n) is 15.5. The van der Waals surface area contributed by atoms with E-state index in [9.17, 15) is 18.4 Å². The smallest absolute Gasteiger partial charge is 0.297 e. The van der Waals surface area contributed by atoms with E-state index in [1.807, 2.05) is 19.1 Å². The minimum absolute atomic E-state index is 0.118.